The van der Waals surface area contributed by atoms with Gasteiger partial charge in [-0.15, -0.1) is 11.8 Å². The normalized spacial score (nSPS) is 23.0. The van der Waals surface area contributed by atoms with Crippen LogP contribution in [0.4, 0.5) is 0 Å². The van der Waals surface area contributed by atoms with Crippen molar-refractivity contribution in [3.63, 3.8) is 0 Å². The number of hydrogen-bond donors (Lipinski definition) is 1. The number of aliphatic hydroxyl groups is 1. The van der Waals surface area contributed by atoms with Crippen LogP contribution in [0, 0.1) is 11.8 Å². The molecule has 1 heterocycles. The Hall–Kier alpha value is -0.520. The molecule has 92 valence electrons. The van der Waals surface area contributed by atoms with E-state index < -0.39 is 0 Å². The fourth-order valence-corrected chi connectivity index (χ4v) is 2.49. The summed E-state index contributed by atoms with van der Waals surface area (Å²) in [6.45, 7) is 8.43. The Bertz CT molecular complexity index is 260. The zero-order chi connectivity index (χ0) is 12.0. The molecule has 0 saturated carbocycles. The Morgan fingerprint density at radius 3 is 2.44 bits per heavy atom. The van der Waals surface area contributed by atoms with Crippen LogP contribution in [0.5, 0.6) is 0 Å². The topological polar surface area (TPSA) is 23.5 Å². The molecule has 2 atom stereocenters. The third-order valence-electron chi connectivity index (χ3n) is 3.98. The van der Waals surface area contributed by atoms with Gasteiger partial charge in [-0.1, -0.05) is 13.3 Å². The molecule has 0 aromatic carbocycles. The molecule has 1 aliphatic rings. The van der Waals surface area contributed by atoms with Gasteiger partial charge in [-0.05, 0) is 46.2 Å². The molecule has 0 bridgehead atoms. The van der Waals surface area contributed by atoms with Crippen LogP contribution in [0.1, 0.15) is 52.9 Å². The fraction of sp³-hybridized carbons (Fsp3) is 0.857. The summed E-state index contributed by atoms with van der Waals surface area (Å²) in [7, 11) is 0. The van der Waals surface area contributed by atoms with E-state index in [0.717, 1.165) is 19.5 Å². The minimum Gasteiger partial charge on any atom is -0.390 e. The van der Waals surface area contributed by atoms with Crippen molar-refractivity contribution in [3.8, 4) is 11.8 Å². The molecule has 0 radical (unpaired) electrons. The maximum atomic E-state index is 10.3. The SMILES string of the molecule is CC#CCC(O)C(C)(CC)N1CCCCC1. The van der Waals surface area contributed by atoms with Gasteiger partial charge in [-0.25, -0.2) is 0 Å². The Morgan fingerprint density at radius 1 is 1.31 bits per heavy atom. The van der Waals surface area contributed by atoms with Crippen LogP contribution in [-0.2, 0) is 0 Å². The van der Waals surface area contributed by atoms with Crippen LogP contribution < -0.4 is 0 Å². The summed E-state index contributed by atoms with van der Waals surface area (Å²) < 4.78 is 0. The summed E-state index contributed by atoms with van der Waals surface area (Å²) in [6, 6.07) is 0. The number of rotatable bonds is 4. The van der Waals surface area contributed by atoms with E-state index in [1.165, 1.54) is 19.3 Å². The van der Waals surface area contributed by atoms with Gasteiger partial charge in [-0.2, -0.15) is 0 Å². The van der Waals surface area contributed by atoms with E-state index in [1.807, 2.05) is 6.92 Å². The van der Waals surface area contributed by atoms with Crippen molar-refractivity contribution in [2.24, 2.45) is 0 Å². The first-order valence-corrected chi connectivity index (χ1v) is 6.48. The molecule has 0 aromatic heterocycles. The lowest BCUT2D eigenvalue weighted by atomic mass is 9.86. The van der Waals surface area contributed by atoms with Crippen molar-refractivity contribution in [1.82, 2.24) is 4.90 Å². The Morgan fingerprint density at radius 2 is 1.94 bits per heavy atom. The maximum Gasteiger partial charge on any atom is 0.0829 e. The Kier molecular flexibility index (Phi) is 5.31. The fourth-order valence-electron chi connectivity index (χ4n) is 2.49. The second-order valence-corrected chi connectivity index (χ2v) is 4.91. The van der Waals surface area contributed by atoms with Gasteiger partial charge in [0.25, 0.3) is 0 Å². The summed E-state index contributed by atoms with van der Waals surface area (Å²) in [5.74, 6) is 5.87. The zero-order valence-electron chi connectivity index (χ0n) is 10.9. The van der Waals surface area contributed by atoms with Crippen molar-refractivity contribution in [1.29, 1.82) is 0 Å². The first kappa shape index (κ1) is 13.5. The van der Waals surface area contributed by atoms with E-state index in [1.54, 1.807) is 0 Å². The van der Waals surface area contributed by atoms with Crippen molar-refractivity contribution >= 4 is 0 Å². The molecule has 1 fully saturated rings. The summed E-state index contributed by atoms with van der Waals surface area (Å²) >= 11 is 0. The second-order valence-electron chi connectivity index (χ2n) is 4.91. The highest BCUT2D eigenvalue weighted by Crippen LogP contribution is 2.28. The molecule has 2 nitrogen and oxygen atoms in total. The largest absolute Gasteiger partial charge is 0.390 e. The highest BCUT2D eigenvalue weighted by atomic mass is 16.3. The van der Waals surface area contributed by atoms with Gasteiger partial charge >= 0.3 is 0 Å². The molecule has 1 saturated heterocycles. The molecule has 2 unspecified atom stereocenters. The average Bonchev–Trinajstić information content (AvgIpc) is 2.35. The number of likely N-dealkylation sites (tertiary alicyclic amines) is 1. The summed E-state index contributed by atoms with van der Waals surface area (Å²) in [4.78, 5) is 2.46. The average molecular weight is 223 g/mol. The minimum atomic E-state index is -0.331. The highest BCUT2D eigenvalue weighted by Gasteiger charge is 2.37. The third kappa shape index (κ3) is 2.99. The molecule has 1 rings (SSSR count). The van der Waals surface area contributed by atoms with Crippen LogP contribution >= 0.6 is 0 Å². The van der Waals surface area contributed by atoms with Crippen molar-refractivity contribution < 1.29 is 5.11 Å². The van der Waals surface area contributed by atoms with Crippen molar-refractivity contribution in [2.75, 3.05) is 13.1 Å². The van der Waals surface area contributed by atoms with E-state index in [9.17, 15) is 5.11 Å². The molecular formula is C14H25NO. The van der Waals surface area contributed by atoms with Gasteiger partial charge in [0.1, 0.15) is 0 Å². The molecule has 0 spiro atoms. The summed E-state index contributed by atoms with van der Waals surface area (Å²) in [5.41, 5.74) is -0.0930. The highest BCUT2D eigenvalue weighted by molar-refractivity contribution is 5.03. The first-order chi connectivity index (χ1) is 7.65. The zero-order valence-corrected chi connectivity index (χ0v) is 10.9. The number of aliphatic hydroxyl groups excluding tert-OH is 1. The molecule has 1 aliphatic heterocycles. The molecule has 0 amide bonds. The van der Waals surface area contributed by atoms with Gasteiger partial charge in [0.05, 0.1) is 6.10 Å². The number of nitrogens with zero attached hydrogens (tertiary/aromatic N) is 1. The predicted molar refractivity (Wildman–Crippen MR) is 68.2 cm³/mol. The maximum absolute atomic E-state index is 10.3. The predicted octanol–water partition coefficient (Wildman–Crippen LogP) is 2.42. The lowest BCUT2D eigenvalue weighted by Gasteiger charge is -2.45. The first-order valence-electron chi connectivity index (χ1n) is 6.48. The summed E-state index contributed by atoms with van der Waals surface area (Å²) in [6.07, 6.45) is 5.12. The molecule has 2 heteroatoms. The van der Waals surface area contributed by atoms with Gasteiger partial charge in [-0.3, -0.25) is 4.90 Å². The molecule has 1 N–H and O–H groups in total. The van der Waals surface area contributed by atoms with Crippen LogP contribution in [0.2, 0.25) is 0 Å². The number of hydrogen-bond acceptors (Lipinski definition) is 2. The van der Waals surface area contributed by atoms with Crippen LogP contribution in [0.3, 0.4) is 0 Å². The van der Waals surface area contributed by atoms with Crippen LogP contribution in [0.25, 0.3) is 0 Å². The van der Waals surface area contributed by atoms with Crippen LogP contribution in [0.15, 0.2) is 0 Å². The smallest absolute Gasteiger partial charge is 0.0829 e. The third-order valence-corrected chi connectivity index (χ3v) is 3.98. The van der Waals surface area contributed by atoms with Crippen molar-refractivity contribution in [2.45, 2.75) is 64.5 Å². The van der Waals surface area contributed by atoms with Crippen LogP contribution in [-0.4, -0.2) is 34.7 Å². The van der Waals surface area contributed by atoms with Gasteiger partial charge < -0.3 is 5.11 Å². The standard InChI is InChI=1S/C14H25NO/c1-4-6-10-13(16)14(3,5-2)15-11-8-7-9-12-15/h13,16H,5,7-12H2,1-3H3. The molecule has 0 aliphatic carbocycles. The molecule has 16 heavy (non-hydrogen) atoms. The van der Waals surface area contributed by atoms with Gasteiger partial charge in [0.2, 0.25) is 0 Å². The minimum absolute atomic E-state index is 0.0930. The van der Waals surface area contributed by atoms with E-state index in [4.69, 9.17) is 0 Å². The van der Waals surface area contributed by atoms with E-state index >= 15 is 0 Å². The Balaban J connectivity index is 2.68. The Labute approximate surface area is 100 Å². The monoisotopic (exact) mass is 223 g/mol. The lowest BCUT2D eigenvalue weighted by molar-refractivity contribution is -0.0306. The summed E-state index contributed by atoms with van der Waals surface area (Å²) in [5, 5.41) is 10.3. The van der Waals surface area contributed by atoms with E-state index in [0.29, 0.717) is 6.42 Å². The quantitative estimate of drug-likeness (QED) is 0.740. The number of piperidine rings is 1. The van der Waals surface area contributed by atoms with Gasteiger partial charge in [0.15, 0.2) is 0 Å². The van der Waals surface area contributed by atoms with Gasteiger partial charge in [0, 0.05) is 12.0 Å². The second kappa shape index (κ2) is 6.27. The van der Waals surface area contributed by atoms with Crippen molar-refractivity contribution in [3.05, 3.63) is 0 Å². The lowest BCUT2D eigenvalue weighted by Crippen LogP contribution is -2.55. The molecule has 0 aromatic rings. The van der Waals surface area contributed by atoms with E-state index in [-0.39, 0.29) is 11.6 Å². The van der Waals surface area contributed by atoms with E-state index in [2.05, 4.69) is 30.6 Å². The molecular weight excluding hydrogens is 198 g/mol.